The Hall–Kier alpha value is -1.93. The van der Waals surface area contributed by atoms with Crippen molar-refractivity contribution in [3.05, 3.63) is 12.4 Å². The summed E-state index contributed by atoms with van der Waals surface area (Å²) in [5.41, 5.74) is 5.63. The van der Waals surface area contributed by atoms with Crippen molar-refractivity contribution < 1.29 is 9.59 Å². The highest BCUT2D eigenvalue weighted by Gasteiger charge is 2.14. The molecule has 19 heavy (non-hydrogen) atoms. The van der Waals surface area contributed by atoms with Crippen molar-refractivity contribution in [3.8, 4) is 0 Å². The second-order valence-corrected chi connectivity index (χ2v) is 4.47. The van der Waals surface area contributed by atoms with Crippen molar-refractivity contribution in [2.45, 2.75) is 6.54 Å². The lowest BCUT2D eigenvalue weighted by Gasteiger charge is -2.26. The summed E-state index contributed by atoms with van der Waals surface area (Å²) in [6, 6.07) is 0. The van der Waals surface area contributed by atoms with Gasteiger partial charge in [-0.3, -0.25) is 19.2 Å². The maximum Gasteiger partial charge on any atom is 0.239 e. The fourth-order valence-corrected chi connectivity index (χ4v) is 1.95. The van der Waals surface area contributed by atoms with Crippen LogP contribution in [0.15, 0.2) is 12.4 Å². The number of piperazine rings is 1. The second kappa shape index (κ2) is 6.30. The molecule has 0 spiro atoms. The Morgan fingerprint density at radius 2 is 2.11 bits per heavy atom. The number of nitrogens with two attached hydrogens (primary N) is 1. The summed E-state index contributed by atoms with van der Waals surface area (Å²) in [5, 5.41) is 9.91. The van der Waals surface area contributed by atoms with E-state index < -0.39 is 5.91 Å². The summed E-state index contributed by atoms with van der Waals surface area (Å²) < 4.78 is 1.39. The predicted molar refractivity (Wildman–Crippen MR) is 69.4 cm³/mol. The number of amides is 2. The zero-order valence-corrected chi connectivity index (χ0v) is 10.6. The topological polar surface area (TPSA) is 105 Å². The molecule has 0 aromatic carbocycles. The van der Waals surface area contributed by atoms with Crippen LogP contribution in [-0.2, 0) is 16.1 Å². The standard InChI is InChI=1S/C11H18N6O2/c12-10(18)7-17-6-9(5-14-17)15-11(19)8-16-3-1-13-2-4-16/h5-6,13H,1-4,7-8H2,(H2,12,18)(H,15,19). The lowest BCUT2D eigenvalue weighted by molar-refractivity contribution is -0.119. The molecule has 0 unspecified atom stereocenters. The van der Waals surface area contributed by atoms with Crippen LogP contribution in [0.4, 0.5) is 5.69 Å². The van der Waals surface area contributed by atoms with Gasteiger partial charge in [0, 0.05) is 32.4 Å². The molecule has 8 heteroatoms. The summed E-state index contributed by atoms with van der Waals surface area (Å²) in [7, 11) is 0. The van der Waals surface area contributed by atoms with E-state index in [4.69, 9.17) is 5.73 Å². The van der Waals surface area contributed by atoms with E-state index in [1.54, 1.807) is 6.20 Å². The fraction of sp³-hybridized carbons (Fsp3) is 0.545. The molecule has 1 aromatic rings. The molecular formula is C11H18N6O2. The molecule has 2 amide bonds. The molecule has 4 N–H and O–H groups in total. The predicted octanol–water partition coefficient (Wildman–Crippen LogP) is -1.79. The first kappa shape index (κ1) is 13.5. The quantitative estimate of drug-likeness (QED) is 0.584. The van der Waals surface area contributed by atoms with E-state index in [0.29, 0.717) is 12.2 Å². The molecule has 1 fully saturated rings. The van der Waals surface area contributed by atoms with Crippen LogP contribution in [-0.4, -0.2) is 59.2 Å². The number of hydrogen-bond donors (Lipinski definition) is 3. The fourth-order valence-electron chi connectivity index (χ4n) is 1.95. The Balaban J connectivity index is 1.81. The van der Waals surface area contributed by atoms with Crippen LogP contribution in [0.5, 0.6) is 0 Å². The summed E-state index contributed by atoms with van der Waals surface area (Å²) in [4.78, 5) is 24.6. The highest BCUT2D eigenvalue weighted by molar-refractivity contribution is 5.92. The Bertz CT molecular complexity index is 452. The SMILES string of the molecule is NC(=O)Cn1cc(NC(=O)CN2CCNCC2)cn1. The molecule has 1 saturated heterocycles. The zero-order valence-electron chi connectivity index (χ0n) is 10.6. The van der Waals surface area contributed by atoms with E-state index in [-0.39, 0.29) is 12.5 Å². The Morgan fingerprint density at radius 1 is 1.37 bits per heavy atom. The van der Waals surface area contributed by atoms with Crippen LogP contribution in [0, 0.1) is 0 Å². The molecule has 0 saturated carbocycles. The van der Waals surface area contributed by atoms with E-state index in [0.717, 1.165) is 26.2 Å². The number of aromatic nitrogens is 2. The van der Waals surface area contributed by atoms with Crippen LogP contribution < -0.4 is 16.4 Å². The zero-order chi connectivity index (χ0) is 13.7. The average molecular weight is 266 g/mol. The molecule has 0 bridgehead atoms. The number of carbonyl (C=O) groups is 2. The third kappa shape index (κ3) is 4.34. The first-order valence-corrected chi connectivity index (χ1v) is 6.17. The highest BCUT2D eigenvalue weighted by atomic mass is 16.2. The summed E-state index contributed by atoms with van der Waals surface area (Å²) >= 11 is 0. The lowest BCUT2D eigenvalue weighted by Crippen LogP contribution is -2.46. The maximum absolute atomic E-state index is 11.8. The number of nitrogens with one attached hydrogen (secondary N) is 2. The Kier molecular flexibility index (Phi) is 4.48. The van der Waals surface area contributed by atoms with Crippen LogP contribution in [0.25, 0.3) is 0 Å². The van der Waals surface area contributed by atoms with Crippen LogP contribution >= 0.6 is 0 Å². The molecule has 0 atom stereocenters. The van der Waals surface area contributed by atoms with Gasteiger partial charge in [0.1, 0.15) is 6.54 Å². The normalized spacial score (nSPS) is 16.2. The van der Waals surface area contributed by atoms with E-state index >= 15 is 0 Å². The van der Waals surface area contributed by atoms with Crippen LogP contribution in [0.3, 0.4) is 0 Å². The van der Waals surface area contributed by atoms with Crippen molar-refractivity contribution in [1.82, 2.24) is 20.0 Å². The van der Waals surface area contributed by atoms with Gasteiger partial charge >= 0.3 is 0 Å². The molecule has 0 aliphatic carbocycles. The molecule has 0 radical (unpaired) electrons. The van der Waals surface area contributed by atoms with Gasteiger partial charge in [0.15, 0.2) is 0 Å². The van der Waals surface area contributed by atoms with Gasteiger partial charge in [-0.25, -0.2) is 0 Å². The van der Waals surface area contributed by atoms with Gasteiger partial charge in [-0.1, -0.05) is 0 Å². The number of primary amides is 1. The third-order valence-electron chi connectivity index (χ3n) is 2.81. The largest absolute Gasteiger partial charge is 0.368 e. The van der Waals surface area contributed by atoms with E-state index in [1.807, 2.05) is 0 Å². The summed E-state index contributed by atoms with van der Waals surface area (Å²) in [6.45, 7) is 3.92. The van der Waals surface area contributed by atoms with Crippen molar-refractivity contribution in [3.63, 3.8) is 0 Å². The number of nitrogens with zero attached hydrogens (tertiary/aromatic N) is 3. The molecule has 2 heterocycles. The Morgan fingerprint density at radius 3 is 2.79 bits per heavy atom. The monoisotopic (exact) mass is 266 g/mol. The minimum atomic E-state index is -0.471. The molecular weight excluding hydrogens is 248 g/mol. The summed E-state index contributed by atoms with van der Waals surface area (Å²) in [6.07, 6.45) is 3.08. The van der Waals surface area contributed by atoms with Gasteiger partial charge in [-0.05, 0) is 0 Å². The minimum absolute atomic E-state index is 0.00760. The number of hydrogen-bond acceptors (Lipinski definition) is 5. The highest BCUT2D eigenvalue weighted by Crippen LogP contribution is 2.05. The van der Waals surface area contributed by atoms with Gasteiger partial charge in [-0.15, -0.1) is 0 Å². The van der Waals surface area contributed by atoms with Crippen molar-refractivity contribution in [1.29, 1.82) is 0 Å². The number of anilines is 1. The lowest BCUT2D eigenvalue weighted by atomic mass is 10.3. The van der Waals surface area contributed by atoms with Gasteiger partial charge in [-0.2, -0.15) is 5.10 Å². The van der Waals surface area contributed by atoms with E-state index in [1.165, 1.54) is 10.9 Å². The second-order valence-electron chi connectivity index (χ2n) is 4.47. The van der Waals surface area contributed by atoms with E-state index in [9.17, 15) is 9.59 Å². The molecule has 1 aromatic heterocycles. The van der Waals surface area contributed by atoms with Crippen molar-refractivity contribution in [2.75, 3.05) is 38.0 Å². The first-order valence-electron chi connectivity index (χ1n) is 6.17. The van der Waals surface area contributed by atoms with Crippen molar-refractivity contribution in [2.24, 2.45) is 5.73 Å². The van der Waals surface area contributed by atoms with Gasteiger partial charge in [0.25, 0.3) is 0 Å². The van der Waals surface area contributed by atoms with Gasteiger partial charge in [0.2, 0.25) is 11.8 Å². The summed E-state index contributed by atoms with van der Waals surface area (Å²) in [5.74, 6) is -0.553. The Labute approximate surface area is 110 Å². The number of rotatable bonds is 5. The van der Waals surface area contributed by atoms with Crippen molar-refractivity contribution >= 4 is 17.5 Å². The van der Waals surface area contributed by atoms with Gasteiger partial charge in [0.05, 0.1) is 18.4 Å². The maximum atomic E-state index is 11.8. The molecule has 2 rings (SSSR count). The molecule has 1 aliphatic rings. The minimum Gasteiger partial charge on any atom is -0.368 e. The smallest absolute Gasteiger partial charge is 0.239 e. The van der Waals surface area contributed by atoms with Crippen LogP contribution in [0.1, 0.15) is 0 Å². The molecule has 104 valence electrons. The van der Waals surface area contributed by atoms with E-state index in [2.05, 4.69) is 20.6 Å². The molecule has 1 aliphatic heterocycles. The third-order valence-corrected chi connectivity index (χ3v) is 2.81. The molecule has 8 nitrogen and oxygen atoms in total. The average Bonchev–Trinajstić information content (AvgIpc) is 2.76. The van der Waals surface area contributed by atoms with Crippen LogP contribution in [0.2, 0.25) is 0 Å². The van der Waals surface area contributed by atoms with Gasteiger partial charge < -0.3 is 16.4 Å². The first-order chi connectivity index (χ1) is 9.13. The number of carbonyl (C=O) groups excluding carboxylic acids is 2.